The van der Waals surface area contributed by atoms with Crippen LogP contribution in [0.4, 0.5) is 19.0 Å². The van der Waals surface area contributed by atoms with Crippen molar-refractivity contribution in [2.24, 2.45) is 5.92 Å². The molecule has 1 aliphatic heterocycles. The number of hydrogen-bond donors (Lipinski definition) is 2. The van der Waals surface area contributed by atoms with E-state index in [1.165, 1.54) is 0 Å². The summed E-state index contributed by atoms with van der Waals surface area (Å²) in [5.74, 6) is -0.557. The number of carbonyl (C=O) groups excluding carboxylic acids is 1. The average molecular weight is 399 g/mol. The van der Waals surface area contributed by atoms with Crippen LogP contribution < -0.4 is 15.5 Å². The molecule has 2 N–H and O–H groups in total. The van der Waals surface area contributed by atoms with Crippen molar-refractivity contribution in [1.29, 1.82) is 0 Å². The van der Waals surface area contributed by atoms with Crippen molar-refractivity contribution in [1.82, 2.24) is 20.6 Å². The number of hydrogen-bond acceptors (Lipinski definition) is 5. The summed E-state index contributed by atoms with van der Waals surface area (Å²) >= 11 is 0. The standard InChI is InChI=1S/C19H28F3N5O/c1-11-12(2)24-16(18(28)23-3)26-17(11)27-9-8-15(10-27)25-14-6-4-13(5-7-14)19(20,21)22/h13-15,25H,4-10H2,1-3H3,(H,23,28)/t13?,14?,15-/m1/s1. The van der Waals surface area contributed by atoms with Crippen molar-refractivity contribution in [2.75, 3.05) is 25.0 Å². The van der Waals surface area contributed by atoms with Gasteiger partial charge in [-0.15, -0.1) is 0 Å². The molecule has 1 amide bonds. The number of alkyl halides is 3. The molecule has 9 heteroatoms. The summed E-state index contributed by atoms with van der Waals surface area (Å²) in [6.07, 6.45) is -1.63. The predicted octanol–water partition coefficient (Wildman–Crippen LogP) is 2.74. The number of halogens is 3. The minimum absolute atomic E-state index is 0.137. The summed E-state index contributed by atoms with van der Waals surface area (Å²) in [5.41, 5.74) is 1.71. The van der Waals surface area contributed by atoms with Crippen molar-refractivity contribution in [3.8, 4) is 0 Å². The van der Waals surface area contributed by atoms with Crippen molar-refractivity contribution in [3.05, 3.63) is 17.1 Å². The van der Waals surface area contributed by atoms with Gasteiger partial charge in [0.2, 0.25) is 5.82 Å². The second-order valence-electron chi connectivity index (χ2n) is 7.85. The number of rotatable bonds is 4. The molecule has 0 radical (unpaired) electrons. The van der Waals surface area contributed by atoms with E-state index in [0.29, 0.717) is 12.8 Å². The smallest absolute Gasteiger partial charge is 0.355 e. The fourth-order valence-corrected chi connectivity index (χ4v) is 4.14. The number of nitrogens with zero attached hydrogens (tertiary/aromatic N) is 3. The molecule has 1 saturated carbocycles. The van der Waals surface area contributed by atoms with Crippen molar-refractivity contribution in [2.45, 2.75) is 64.2 Å². The van der Waals surface area contributed by atoms with Gasteiger partial charge in [0.15, 0.2) is 0 Å². The van der Waals surface area contributed by atoms with E-state index in [0.717, 1.165) is 36.6 Å². The van der Waals surface area contributed by atoms with Gasteiger partial charge in [0, 0.05) is 43.5 Å². The molecule has 1 saturated heterocycles. The van der Waals surface area contributed by atoms with Crippen LogP contribution in [0.2, 0.25) is 0 Å². The quantitative estimate of drug-likeness (QED) is 0.815. The van der Waals surface area contributed by atoms with Gasteiger partial charge < -0.3 is 15.5 Å². The maximum Gasteiger partial charge on any atom is 0.391 e. The van der Waals surface area contributed by atoms with Crippen molar-refractivity contribution in [3.63, 3.8) is 0 Å². The predicted molar refractivity (Wildman–Crippen MR) is 100 cm³/mol. The average Bonchev–Trinajstić information content (AvgIpc) is 3.11. The van der Waals surface area contributed by atoms with E-state index in [9.17, 15) is 18.0 Å². The molecule has 1 atom stereocenters. The topological polar surface area (TPSA) is 70.2 Å². The van der Waals surface area contributed by atoms with Crippen LogP contribution in [0.5, 0.6) is 0 Å². The molecule has 0 aromatic carbocycles. The van der Waals surface area contributed by atoms with Gasteiger partial charge in [-0.1, -0.05) is 0 Å². The number of nitrogens with one attached hydrogen (secondary N) is 2. The Hall–Kier alpha value is -1.90. The summed E-state index contributed by atoms with van der Waals surface area (Å²) < 4.78 is 38.5. The van der Waals surface area contributed by atoms with Gasteiger partial charge in [0.25, 0.3) is 5.91 Å². The molecular weight excluding hydrogens is 371 g/mol. The zero-order chi connectivity index (χ0) is 20.5. The molecule has 28 heavy (non-hydrogen) atoms. The van der Waals surface area contributed by atoms with Crippen molar-refractivity contribution >= 4 is 11.7 Å². The zero-order valence-corrected chi connectivity index (χ0v) is 16.6. The number of anilines is 1. The number of carbonyl (C=O) groups is 1. The lowest BCUT2D eigenvalue weighted by atomic mass is 9.85. The summed E-state index contributed by atoms with van der Waals surface area (Å²) in [6.45, 7) is 5.32. The fourth-order valence-electron chi connectivity index (χ4n) is 4.14. The highest BCUT2D eigenvalue weighted by Crippen LogP contribution is 2.37. The van der Waals surface area contributed by atoms with Crippen molar-refractivity contribution < 1.29 is 18.0 Å². The summed E-state index contributed by atoms with van der Waals surface area (Å²) in [6, 6.07) is 0.351. The largest absolute Gasteiger partial charge is 0.391 e. The number of aromatic nitrogens is 2. The van der Waals surface area contributed by atoms with E-state index in [1.54, 1.807) is 7.05 Å². The van der Waals surface area contributed by atoms with Gasteiger partial charge >= 0.3 is 6.18 Å². The molecule has 0 bridgehead atoms. The van der Waals surface area contributed by atoms with E-state index in [2.05, 4.69) is 25.5 Å². The molecule has 6 nitrogen and oxygen atoms in total. The van der Waals surface area contributed by atoms with Gasteiger partial charge in [-0.05, 0) is 46.0 Å². The molecule has 2 fully saturated rings. The minimum Gasteiger partial charge on any atom is -0.355 e. The first-order chi connectivity index (χ1) is 13.2. The lowest BCUT2D eigenvalue weighted by Crippen LogP contribution is -2.43. The van der Waals surface area contributed by atoms with E-state index in [-0.39, 0.29) is 36.7 Å². The second kappa shape index (κ2) is 8.23. The van der Waals surface area contributed by atoms with Crippen LogP contribution in [0.15, 0.2) is 0 Å². The highest BCUT2D eigenvalue weighted by molar-refractivity contribution is 5.90. The first-order valence-electron chi connectivity index (χ1n) is 9.84. The first-order valence-corrected chi connectivity index (χ1v) is 9.84. The molecule has 0 unspecified atom stereocenters. The van der Waals surface area contributed by atoms with Gasteiger partial charge in [-0.3, -0.25) is 4.79 Å². The lowest BCUT2D eigenvalue weighted by molar-refractivity contribution is -0.182. The SMILES string of the molecule is CNC(=O)c1nc(C)c(C)c(N2CC[C@@H](NC3CCC(C(F)(F)F)CC3)C2)n1. The Morgan fingerprint density at radius 3 is 2.36 bits per heavy atom. The van der Waals surface area contributed by atoms with E-state index in [1.807, 2.05) is 13.8 Å². The summed E-state index contributed by atoms with van der Waals surface area (Å²) in [7, 11) is 1.55. The monoisotopic (exact) mass is 399 g/mol. The minimum atomic E-state index is -4.07. The Morgan fingerprint density at radius 1 is 1.07 bits per heavy atom. The van der Waals surface area contributed by atoms with Crippen LogP contribution in [0.25, 0.3) is 0 Å². The van der Waals surface area contributed by atoms with Crippen LogP contribution in [0.3, 0.4) is 0 Å². The Morgan fingerprint density at radius 2 is 1.75 bits per heavy atom. The maximum absolute atomic E-state index is 12.8. The number of amides is 1. The van der Waals surface area contributed by atoms with Gasteiger partial charge in [-0.25, -0.2) is 9.97 Å². The molecule has 0 spiro atoms. The Bertz CT molecular complexity index is 716. The highest BCUT2D eigenvalue weighted by Gasteiger charge is 2.41. The molecule has 2 aliphatic rings. The van der Waals surface area contributed by atoms with Crippen LogP contribution in [0.1, 0.15) is 54.0 Å². The normalized spacial score (nSPS) is 25.8. The van der Waals surface area contributed by atoms with Gasteiger partial charge in [-0.2, -0.15) is 13.2 Å². The molecule has 1 aromatic rings. The van der Waals surface area contributed by atoms with Crippen LogP contribution in [-0.4, -0.2) is 54.3 Å². The number of aryl methyl sites for hydroxylation is 1. The zero-order valence-electron chi connectivity index (χ0n) is 16.6. The maximum atomic E-state index is 12.8. The fraction of sp³-hybridized carbons (Fsp3) is 0.737. The Kier molecular flexibility index (Phi) is 6.12. The molecular formula is C19H28F3N5O. The Labute approximate surface area is 163 Å². The van der Waals surface area contributed by atoms with E-state index < -0.39 is 12.1 Å². The lowest BCUT2D eigenvalue weighted by Gasteiger charge is -2.32. The second-order valence-corrected chi connectivity index (χ2v) is 7.85. The molecule has 2 heterocycles. The van der Waals surface area contributed by atoms with Crippen LogP contribution in [-0.2, 0) is 0 Å². The molecule has 1 aromatic heterocycles. The van der Waals surface area contributed by atoms with Gasteiger partial charge in [0.1, 0.15) is 5.82 Å². The third kappa shape index (κ3) is 4.56. The van der Waals surface area contributed by atoms with E-state index >= 15 is 0 Å². The molecule has 3 rings (SSSR count). The Balaban J connectivity index is 1.60. The highest BCUT2D eigenvalue weighted by atomic mass is 19.4. The summed E-state index contributed by atoms with van der Waals surface area (Å²) in [5, 5.41) is 6.09. The first kappa shape index (κ1) is 20.8. The molecule has 156 valence electrons. The summed E-state index contributed by atoms with van der Waals surface area (Å²) in [4.78, 5) is 22.8. The third-order valence-corrected chi connectivity index (χ3v) is 5.94. The van der Waals surface area contributed by atoms with E-state index in [4.69, 9.17) is 0 Å². The molecule has 1 aliphatic carbocycles. The van der Waals surface area contributed by atoms with Crippen LogP contribution in [0, 0.1) is 19.8 Å². The van der Waals surface area contributed by atoms with Gasteiger partial charge in [0.05, 0.1) is 5.92 Å². The van der Waals surface area contributed by atoms with Crippen LogP contribution >= 0.6 is 0 Å². The third-order valence-electron chi connectivity index (χ3n) is 5.94.